The Morgan fingerprint density at radius 2 is 2.10 bits per heavy atom. The smallest absolute Gasteiger partial charge is 0.308 e. The Hall–Kier alpha value is -0.950. The highest BCUT2D eigenvalue weighted by molar-refractivity contribution is 7.12. The quantitative estimate of drug-likeness (QED) is 0.706. The van der Waals surface area contributed by atoms with Gasteiger partial charge >= 0.3 is 5.97 Å². The summed E-state index contributed by atoms with van der Waals surface area (Å²) in [5.41, 5.74) is 0. The maximum Gasteiger partial charge on any atom is 0.308 e. The zero-order valence-corrected chi connectivity index (χ0v) is 12.5. The largest absolute Gasteiger partial charge is 0.481 e. The summed E-state index contributed by atoms with van der Waals surface area (Å²) in [6, 6.07) is 3.92. The van der Waals surface area contributed by atoms with Crippen LogP contribution in [0.4, 0.5) is 0 Å². The van der Waals surface area contributed by atoms with Crippen LogP contribution in [-0.2, 0) is 22.5 Å². The molecule has 0 amide bonds. The SMILES string of the molecule is O=C(O)Cc1ccc(CNCCCN2CCOCC2)s1. The van der Waals surface area contributed by atoms with Crippen LogP contribution in [0, 0.1) is 0 Å². The Morgan fingerprint density at radius 1 is 1.35 bits per heavy atom. The molecule has 2 heterocycles. The maximum atomic E-state index is 10.6. The van der Waals surface area contributed by atoms with Gasteiger partial charge in [0.2, 0.25) is 0 Å². The second-order valence-corrected chi connectivity index (χ2v) is 6.18. The minimum Gasteiger partial charge on any atom is -0.481 e. The van der Waals surface area contributed by atoms with E-state index in [2.05, 4.69) is 10.2 Å². The zero-order valence-electron chi connectivity index (χ0n) is 11.6. The number of aliphatic carboxylic acids is 1. The lowest BCUT2D eigenvalue weighted by molar-refractivity contribution is -0.136. The number of morpholine rings is 1. The minimum atomic E-state index is -0.767. The summed E-state index contributed by atoms with van der Waals surface area (Å²) < 4.78 is 5.32. The molecule has 1 saturated heterocycles. The lowest BCUT2D eigenvalue weighted by Crippen LogP contribution is -2.37. The van der Waals surface area contributed by atoms with Crippen molar-refractivity contribution < 1.29 is 14.6 Å². The lowest BCUT2D eigenvalue weighted by atomic mass is 10.3. The van der Waals surface area contributed by atoms with E-state index in [4.69, 9.17) is 9.84 Å². The number of hydrogen-bond donors (Lipinski definition) is 2. The van der Waals surface area contributed by atoms with Crippen molar-refractivity contribution in [2.45, 2.75) is 19.4 Å². The highest BCUT2D eigenvalue weighted by atomic mass is 32.1. The van der Waals surface area contributed by atoms with Crippen molar-refractivity contribution in [3.63, 3.8) is 0 Å². The lowest BCUT2D eigenvalue weighted by Gasteiger charge is -2.26. The summed E-state index contributed by atoms with van der Waals surface area (Å²) in [5, 5.41) is 12.1. The van der Waals surface area contributed by atoms with Gasteiger partial charge in [-0.05, 0) is 31.6 Å². The van der Waals surface area contributed by atoms with Gasteiger partial charge in [0, 0.05) is 29.4 Å². The molecule has 0 saturated carbocycles. The topological polar surface area (TPSA) is 61.8 Å². The molecule has 112 valence electrons. The number of carboxylic acids is 1. The highest BCUT2D eigenvalue weighted by Crippen LogP contribution is 2.16. The van der Waals surface area contributed by atoms with Crippen LogP contribution < -0.4 is 5.32 Å². The Kier molecular flexibility index (Phi) is 6.46. The molecule has 6 heteroatoms. The summed E-state index contributed by atoms with van der Waals surface area (Å²) in [6.45, 7) is 6.74. The molecule has 1 aromatic rings. The molecule has 1 aliphatic heterocycles. The molecule has 0 radical (unpaired) electrons. The first kappa shape index (κ1) is 15.4. The number of carboxylic acid groups (broad SMARTS) is 1. The summed E-state index contributed by atoms with van der Waals surface area (Å²) in [4.78, 5) is 15.2. The van der Waals surface area contributed by atoms with Gasteiger partial charge in [-0.2, -0.15) is 0 Å². The number of nitrogens with one attached hydrogen (secondary N) is 1. The molecular formula is C14H22N2O3S. The first-order valence-corrected chi connectivity index (χ1v) is 7.86. The van der Waals surface area contributed by atoms with Crippen molar-refractivity contribution in [3.05, 3.63) is 21.9 Å². The Bertz CT molecular complexity index is 416. The molecule has 0 spiro atoms. The molecule has 1 aliphatic rings. The van der Waals surface area contributed by atoms with E-state index in [1.807, 2.05) is 12.1 Å². The monoisotopic (exact) mass is 298 g/mol. The molecule has 0 unspecified atom stereocenters. The Labute approximate surface area is 123 Å². The highest BCUT2D eigenvalue weighted by Gasteiger charge is 2.09. The van der Waals surface area contributed by atoms with Crippen molar-refractivity contribution in [1.29, 1.82) is 0 Å². The van der Waals surface area contributed by atoms with E-state index in [-0.39, 0.29) is 6.42 Å². The first-order chi connectivity index (χ1) is 9.74. The third-order valence-electron chi connectivity index (χ3n) is 3.27. The van der Waals surface area contributed by atoms with Gasteiger partial charge < -0.3 is 15.2 Å². The van der Waals surface area contributed by atoms with Gasteiger partial charge in [-0.15, -0.1) is 11.3 Å². The molecule has 0 aliphatic carbocycles. The number of rotatable bonds is 8. The fourth-order valence-corrected chi connectivity index (χ4v) is 3.20. The van der Waals surface area contributed by atoms with E-state index in [0.717, 1.165) is 57.2 Å². The summed E-state index contributed by atoms with van der Waals surface area (Å²) in [6.07, 6.45) is 1.26. The molecular weight excluding hydrogens is 276 g/mol. The standard InChI is InChI=1S/C14H22N2O3S/c17-14(18)10-12-2-3-13(20-12)11-15-4-1-5-16-6-8-19-9-7-16/h2-3,15H,1,4-11H2,(H,17,18). The molecule has 1 fully saturated rings. The van der Waals surface area contributed by atoms with E-state index in [9.17, 15) is 4.79 Å². The summed E-state index contributed by atoms with van der Waals surface area (Å²) >= 11 is 1.58. The molecule has 2 N–H and O–H groups in total. The van der Waals surface area contributed by atoms with Crippen LogP contribution in [0.3, 0.4) is 0 Å². The fourth-order valence-electron chi connectivity index (χ4n) is 2.23. The van der Waals surface area contributed by atoms with Crippen LogP contribution in [-0.4, -0.2) is 55.4 Å². The molecule has 0 bridgehead atoms. The summed E-state index contributed by atoms with van der Waals surface area (Å²) in [7, 11) is 0. The van der Waals surface area contributed by atoms with Crippen LogP contribution in [0.1, 0.15) is 16.2 Å². The van der Waals surface area contributed by atoms with Gasteiger partial charge in [0.15, 0.2) is 0 Å². The second kappa shape index (κ2) is 8.36. The van der Waals surface area contributed by atoms with Gasteiger partial charge in [-0.3, -0.25) is 9.69 Å². The second-order valence-electron chi connectivity index (χ2n) is 4.92. The van der Waals surface area contributed by atoms with Crippen LogP contribution in [0.25, 0.3) is 0 Å². The van der Waals surface area contributed by atoms with Gasteiger partial charge in [0.25, 0.3) is 0 Å². The molecule has 0 aromatic carbocycles. The molecule has 0 atom stereocenters. The van der Waals surface area contributed by atoms with Gasteiger partial charge in [-0.25, -0.2) is 0 Å². The van der Waals surface area contributed by atoms with Crippen LogP contribution in [0.2, 0.25) is 0 Å². The normalized spacial score (nSPS) is 16.4. The van der Waals surface area contributed by atoms with E-state index in [1.165, 1.54) is 4.88 Å². The zero-order chi connectivity index (χ0) is 14.2. The van der Waals surface area contributed by atoms with Crippen molar-refractivity contribution in [2.24, 2.45) is 0 Å². The third kappa shape index (κ3) is 5.58. The predicted octanol–water partition coefficient (Wildman–Crippen LogP) is 1.19. The van der Waals surface area contributed by atoms with Crippen molar-refractivity contribution >= 4 is 17.3 Å². The van der Waals surface area contributed by atoms with E-state index < -0.39 is 5.97 Å². The van der Waals surface area contributed by atoms with Crippen LogP contribution in [0.15, 0.2) is 12.1 Å². The number of nitrogens with zero attached hydrogens (tertiary/aromatic N) is 1. The molecule has 1 aromatic heterocycles. The van der Waals surface area contributed by atoms with E-state index >= 15 is 0 Å². The number of carbonyl (C=O) groups is 1. The number of thiophene rings is 1. The van der Waals surface area contributed by atoms with Crippen molar-refractivity contribution in [3.8, 4) is 0 Å². The first-order valence-electron chi connectivity index (χ1n) is 7.04. The molecule has 2 rings (SSSR count). The number of hydrogen-bond acceptors (Lipinski definition) is 5. The maximum absolute atomic E-state index is 10.6. The van der Waals surface area contributed by atoms with Crippen molar-refractivity contribution in [1.82, 2.24) is 10.2 Å². The Balaban J connectivity index is 1.56. The average Bonchev–Trinajstić information content (AvgIpc) is 2.86. The average molecular weight is 298 g/mol. The van der Waals surface area contributed by atoms with E-state index in [1.54, 1.807) is 11.3 Å². The predicted molar refractivity (Wildman–Crippen MR) is 79.2 cm³/mol. The van der Waals surface area contributed by atoms with Crippen LogP contribution in [0.5, 0.6) is 0 Å². The summed E-state index contributed by atoms with van der Waals surface area (Å²) in [5.74, 6) is -0.767. The molecule has 5 nitrogen and oxygen atoms in total. The minimum absolute atomic E-state index is 0.127. The molecule has 20 heavy (non-hydrogen) atoms. The van der Waals surface area contributed by atoms with Gasteiger partial charge in [0.1, 0.15) is 0 Å². The Morgan fingerprint density at radius 3 is 2.85 bits per heavy atom. The van der Waals surface area contributed by atoms with Gasteiger partial charge in [0.05, 0.1) is 19.6 Å². The number of ether oxygens (including phenoxy) is 1. The third-order valence-corrected chi connectivity index (χ3v) is 4.36. The van der Waals surface area contributed by atoms with Crippen LogP contribution >= 0.6 is 11.3 Å². The van der Waals surface area contributed by atoms with Gasteiger partial charge in [-0.1, -0.05) is 0 Å². The van der Waals surface area contributed by atoms with Crippen molar-refractivity contribution in [2.75, 3.05) is 39.4 Å². The fraction of sp³-hybridized carbons (Fsp3) is 0.643. The van der Waals surface area contributed by atoms with E-state index in [0.29, 0.717) is 0 Å².